The summed E-state index contributed by atoms with van der Waals surface area (Å²) in [7, 11) is 0. The third-order valence-corrected chi connectivity index (χ3v) is 3.17. The van der Waals surface area contributed by atoms with Crippen molar-refractivity contribution in [2.24, 2.45) is 0 Å². The van der Waals surface area contributed by atoms with E-state index in [2.05, 4.69) is 4.98 Å². The molecule has 2 rings (SSSR count). The van der Waals surface area contributed by atoms with Crippen LogP contribution in [0.5, 0.6) is 0 Å². The van der Waals surface area contributed by atoms with Gasteiger partial charge in [0.2, 0.25) is 0 Å². The van der Waals surface area contributed by atoms with Crippen molar-refractivity contribution in [2.75, 3.05) is 24.6 Å². The number of alkyl halides is 3. The number of hydrogen-bond acceptors (Lipinski definition) is 3. The normalized spacial score (nSPS) is 16.8. The second-order valence-corrected chi connectivity index (χ2v) is 4.56. The first-order valence-corrected chi connectivity index (χ1v) is 5.79. The Morgan fingerprint density at radius 2 is 2.17 bits per heavy atom. The summed E-state index contributed by atoms with van der Waals surface area (Å²) in [5.74, 6) is 0. The van der Waals surface area contributed by atoms with Crippen molar-refractivity contribution in [3.8, 4) is 0 Å². The van der Waals surface area contributed by atoms with E-state index >= 15 is 0 Å². The third kappa shape index (κ3) is 3.05. The lowest BCUT2D eigenvalue weighted by molar-refractivity contribution is -0.187. The number of nitrogens with zero attached hydrogens (tertiary/aromatic N) is 2. The molecule has 2 heterocycles. The maximum atomic E-state index is 11.9. The number of halogens is 4. The highest BCUT2D eigenvalue weighted by molar-refractivity contribution is 6.30. The molecule has 0 N–H and O–H groups in total. The lowest BCUT2D eigenvalue weighted by Crippen LogP contribution is -2.53. The van der Waals surface area contributed by atoms with Gasteiger partial charge in [-0.25, -0.2) is 4.98 Å². The smallest absolute Gasteiger partial charge is 0.366 e. The van der Waals surface area contributed by atoms with Crippen LogP contribution in [0.3, 0.4) is 0 Å². The van der Waals surface area contributed by atoms with Gasteiger partial charge in [0.15, 0.2) is 0 Å². The van der Waals surface area contributed by atoms with Crippen molar-refractivity contribution >= 4 is 17.3 Å². The lowest BCUT2D eigenvalue weighted by Gasteiger charge is -2.41. The van der Waals surface area contributed by atoms with E-state index in [1.165, 1.54) is 0 Å². The van der Waals surface area contributed by atoms with Gasteiger partial charge in [0, 0.05) is 30.5 Å². The van der Waals surface area contributed by atoms with Crippen LogP contribution < -0.4 is 4.90 Å². The zero-order valence-electron chi connectivity index (χ0n) is 9.67. The summed E-state index contributed by atoms with van der Waals surface area (Å²) in [5, 5.41) is 0.409. The number of anilines is 1. The maximum Gasteiger partial charge on any atom is 0.411 e. The third-order valence-electron chi connectivity index (χ3n) is 2.79. The second-order valence-electron chi connectivity index (χ2n) is 4.20. The topological polar surface area (TPSA) is 25.4 Å². The summed E-state index contributed by atoms with van der Waals surface area (Å²) in [6.07, 6.45) is -3.07. The highest BCUT2D eigenvalue weighted by Crippen LogP contribution is 2.29. The molecule has 1 aromatic rings. The molecule has 0 aliphatic carbocycles. The minimum Gasteiger partial charge on any atom is -0.366 e. The van der Waals surface area contributed by atoms with Gasteiger partial charge in [-0.15, -0.1) is 0 Å². The van der Waals surface area contributed by atoms with Gasteiger partial charge in [0.1, 0.15) is 11.8 Å². The molecule has 0 saturated carbocycles. The first kappa shape index (κ1) is 13.4. The molecular formula is C11H12ClF3N2O. The Morgan fingerprint density at radius 1 is 1.50 bits per heavy atom. The Labute approximate surface area is 108 Å². The number of ether oxygens (including phenoxy) is 1. The zero-order valence-corrected chi connectivity index (χ0v) is 10.4. The molecule has 0 radical (unpaired) electrons. The standard InChI is InChI=1S/C11H12ClF3N2O/c1-7-9(2-3-16-10(7)12)17-4-8(5-17)18-6-11(13,14)15/h2-3,8H,4-6H2,1H3. The van der Waals surface area contributed by atoms with Gasteiger partial charge in [0.25, 0.3) is 0 Å². The van der Waals surface area contributed by atoms with Crippen LogP contribution in [0.15, 0.2) is 12.3 Å². The predicted molar refractivity (Wildman–Crippen MR) is 62.0 cm³/mol. The zero-order chi connectivity index (χ0) is 13.3. The molecule has 0 aromatic carbocycles. The van der Waals surface area contributed by atoms with Crippen molar-refractivity contribution < 1.29 is 17.9 Å². The van der Waals surface area contributed by atoms with Crippen LogP contribution in [0.25, 0.3) is 0 Å². The fourth-order valence-electron chi connectivity index (χ4n) is 1.80. The Hall–Kier alpha value is -1.01. The van der Waals surface area contributed by atoms with Crippen LogP contribution in [0.2, 0.25) is 5.15 Å². The Kier molecular flexibility index (Phi) is 3.68. The van der Waals surface area contributed by atoms with Crippen molar-refractivity contribution in [3.63, 3.8) is 0 Å². The van der Waals surface area contributed by atoms with E-state index in [-0.39, 0.29) is 6.10 Å². The van der Waals surface area contributed by atoms with E-state index in [9.17, 15) is 13.2 Å². The molecule has 0 atom stereocenters. The van der Waals surface area contributed by atoms with E-state index in [0.29, 0.717) is 18.2 Å². The average molecular weight is 281 g/mol. The van der Waals surface area contributed by atoms with Crippen LogP contribution in [0.1, 0.15) is 5.56 Å². The van der Waals surface area contributed by atoms with Gasteiger partial charge < -0.3 is 9.64 Å². The molecule has 0 amide bonds. The minimum atomic E-state index is -4.27. The molecule has 1 aromatic heterocycles. The van der Waals surface area contributed by atoms with Crippen LogP contribution in [-0.2, 0) is 4.74 Å². The summed E-state index contributed by atoms with van der Waals surface area (Å²) in [4.78, 5) is 5.85. The summed E-state index contributed by atoms with van der Waals surface area (Å²) in [5.41, 5.74) is 1.72. The number of pyridine rings is 1. The van der Waals surface area contributed by atoms with E-state index in [0.717, 1.165) is 11.3 Å². The van der Waals surface area contributed by atoms with Crippen LogP contribution in [0, 0.1) is 6.92 Å². The highest BCUT2D eigenvalue weighted by Gasteiger charge is 2.34. The van der Waals surface area contributed by atoms with Crippen LogP contribution in [0.4, 0.5) is 18.9 Å². The van der Waals surface area contributed by atoms with E-state index in [1.54, 1.807) is 12.3 Å². The minimum absolute atomic E-state index is 0.377. The van der Waals surface area contributed by atoms with Gasteiger partial charge in [0.05, 0.1) is 6.10 Å². The van der Waals surface area contributed by atoms with E-state index < -0.39 is 12.8 Å². The first-order chi connectivity index (χ1) is 8.37. The molecule has 0 bridgehead atoms. The van der Waals surface area contributed by atoms with E-state index in [4.69, 9.17) is 16.3 Å². The number of rotatable bonds is 3. The van der Waals surface area contributed by atoms with Gasteiger partial charge in [-0.3, -0.25) is 0 Å². The fourth-order valence-corrected chi connectivity index (χ4v) is 1.95. The van der Waals surface area contributed by atoms with Crippen molar-refractivity contribution in [2.45, 2.75) is 19.2 Å². The molecule has 100 valence electrons. The van der Waals surface area contributed by atoms with Crippen molar-refractivity contribution in [1.82, 2.24) is 4.98 Å². The Balaban J connectivity index is 1.87. The summed E-state index contributed by atoms with van der Waals surface area (Å²) < 4.78 is 40.6. The largest absolute Gasteiger partial charge is 0.411 e. The quantitative estimate of drug-likeness (QED) is 0.796. The SMILES string of the molecule is Cc1c(N2CC(OCC(F)(F)F)C2)ccnc1Cl. The van der Waals surface area contributed by atoms with Gasteiger partial charge in [-0.2, -0.15) is 13.2 Å². The number of hydrogen-bond donors (Lipinski definition) is 0. The fraction of sp³-hybridized carbons (Fsp3) is 0.545. The Morgan fingerprint density at radius 3 is 2.78 bits per heavy atom. The molecule has 1 fully saturated rings. The summed E-state index contributed by atoms with van der Waals surface area (Å²) in [6, 6.07) is 1.79. The van der Waals surface area contributed by atoms with Gasteiger partial charge >= 0.3 is 6.18 Å². The van der Waals surface area contributed by atoms with Gasteiger partial charge in [-0.1, -0.05) is 11.6 Å². The molecule has 1 aliphatic heterocycles. The monoisotopic (exact) mass is 280 g/mol. The van der Waals surface area contributed by atoms with Crippen molar-refractivity contribution in [1.29, 1.82) is 0 Å². The molecule has 3 nitrogen and oxygen atoms in total. The lowest BCUT2D eigenvalue weighted by atomic mass is 10.1. The molecular weight excluding hydrogens is 269 g/mol. The summed E-state index contributed by atoms with van der Waals surface area (Å²) >= 11 is 5.88. The number of aromatic nitrogens is 1. The first-order valence-electron chi connectivity index (χ1n) is 5.41. The summed E-state index contributed by atoms with van der Waals surface area (Å²) in [6.45, 7) is 1.52. The van der Waals surface area contributed by atoms with Gasteiger partial charge in [-0.05, 0) is 13.0 Å². The predicted octanol–water partition coefficient (Wildman–Crippen LogP) is 2.81. The molecule has 7 heteroatoms. The molecule has 1 saturated heterocycles. The molecule has 0 unspecified atom stereocenters. The molecule has 1 aliphatic rings. The second kappa shape index (κ2) is 4.93. The molecule has 18 heavy (non-hydrogen) atoms. The Bertz CT molecular complexity index is 433. The van der Waals surface area contributed by atoms with Crippen molar-refractivity contribution in [3.05, 3.63) is 23.0 Å². The highest BCUT2D eigenvalue weighted by atomic mass is 35.5. The van der Waals surface area contributed by atoms with E-state index in [1.807, 2.05) is 11.8 Å². The average Bonchev–Trinajstić information content (AvgIpc) is 2.20. The van der Waals surface area contributed by atoms with Crippen LogP contribution >= 0.6 is 11.6 Å². The maximum absolute atomic E-state index is 11.9. The molecule has 0 spiro atoms. The van der Waals surface area contributed by atoms with Crippen LogP contribution in [-0.4, -0.2) is 37.0 Å².